The van der Waals surface area contributed by atoms with Crippen molar-refractivity contribution >= 4 is 0 Å². The average molecular weight is 247 g/mol. The van der Waals surface area contributed by atoms with Gasteiger partial charge in [-0.1, -0.05) is 44.2 Å². The molecule has 1 unspecified atom stereocenters. The zero-order valence-electron chi connectivity index (χ0n) is 11.6. The molecule has 0 saturated heterocycles. The Hall–Kier alpha value is -1.02. The lowest BCUT2D eigenvalue weighted by Crippen LogP contribution is -2.17. The molecule has 18 heavy (non-hydrogen) atoms. The molecule has 0 bridgehead atoms. The lowest BCUT2D eigenvalue weighted by Gasteiger charge is -2.25. The van der Waals surface area contributed by atoms with E-state index in [1.165, 1.54) is 43.2 Å². The molecule has 0 aromatic heterocycles. The maximum Gasteiger partial charge on any atom is 0.122 e. The van der Waals surface area contributed by atoms with Crippen molar-refractivity contribution in [3.8, 4) is 5.75 Å². The summed E-state index contributed by atoms with van der Waals surface area (Å²) < 4.78 is 5.37. The van der Waals surface area contributed by atoms with Gasteiger partial charge in [0.1, 0.15) is 5.75 Å². The fraction of sp³-hybridized carbons (Fsp3) is 0.625. The van der Waals surface area contributed by atoms with Crippen molar-refractivity contribution in [3.05, 3.63) is 29.3 Å². The highest BCUT2D eigenvalue weighted by Gasteiger charge is 2.18. The van der Waals surface area contributed by atoms with Gasteiger partial charge in [0.2, 0.25) is 0 Å². The van der Waals surface area contributed by atoms with Crippen molar-refractivity contribution in [2.75, 3.05) is 7.11 Å². The summed E-state index contributed by atoms with van der Waals surface area (Å²) in [5.41, 5.74) is 8.73. The molecule has 0 heterocycles. The van der Waals surface area contributed by atoms with Crippen LogP contribution in [0, 0.1) is 12.8 Å². The third-order valence-corrected chi connectivity index (χ3v) is 4.17. The maximum absolute atomic E-state index is 6.34. The van der Waals surface area contributed by atoms with Gasteiger partial charge in [0.15, 0.2) is 0 Å². The summed E-state index contributed by atoms with van der Waals surface area (Å²) in [5, 5.41) is 0. The summed E-state index contributed by atoms with van der Waals surface area (Å²) in [4.78, 5) is 0. The Labute approximate surface area is 111 Å². The van der Waals surface area contributed by atoms with Crippen LogP contribution in [0.4, 0.5) is 0 Å². The van der Waals surface area contributed by atoms with Crippen LogP contribution in [0.1, 0.15) is 55.7 Å². The van der Waals surface area contributed by atoms with E-state index in [-0.39, 0.29) is 6.04 Å². The summed E-state index contributed by atoms with van der Waals surface area (Å²) in [6.07, 6.45) is 8.01. The highest BCUT2D eigenvalue weighted by atomic mass is 16.5. The topological polar surface area (TPSA) is 35.2 Å². The van der Waals surface area contributed by atoms with E-state index in [4.69, 9.17) is 10.5 Å². The van der Waals surface area contributed by atoms with Gasteiger partial charge >= 0.3 is 0 Å². The van der Waals surface area contributed by atoms with Crippen LogP contribution in [0.5, 0.6) is 5.75 Å². The summed E-state index contributed by atoms with van der Waals surface area (Å²) in [7, 11) is 1.72. The fourth-order valence-electron chi connectivity index (χ4n) is 2.99. The molecule has 2 N–H and O–H groups in total. The molecule has 1 aromatic carbocycles. The Morgan fingerprint density at radius 3 is 2.67 bits per heavy atom. The average Bonchev–Trinajstić information content (AvgIpc) is 2.40. The van der Waals surface area contributed by atoms with Crippen LogP contribution in [0.2, 0.25) is 0 Å². The first-order valence-corrected chi connectivity index (χ1v) is 7.11. The minimum atomic E-state index is 0.155. The van der Waals surface area contributed by atoms with Gasteiger partial charge in [-0.3, -0.25) is 0 Å². The number of benzene rings is 1. The second-order valence-electron chi connectivity index (χ2n) is 5.58. The van der Waals surface area contributed by atoms with E-state index in [2.05, 4.69) is 25.1 Å². The summed E-state index contributed by atoms with van der Waals surface area (Å²) in [5.74, 6) is 1.77. The number of hydrogen-bond acceptors (Lipinski definition) is 2. The Morgan fingerprint density at radius 2 is 2.00 bits per heavy atom. The van der Waals surface area contributed by atoms with Crippen LogP contribution in [-0.2, 0) is 0 Å². The first kappa shape index (κ1) is 13.4. The molecule has 1 aliphatic rings. The first-order chi connectivity index (χ1) is 8.70. The molecule has 2 rings (SSSR count). The number of methoxy groups -OCH3 is 1. The monoisotopic (exact) mass is 247 g/mol. The molecule has 1 saturated carbocycles. The van der Waals surface area contributed by atoms with E-state index in [0.717, 1.165) is 18.1 Å². The molecule has 0 amide bonds. The second-order valence-corrected chi connectivity index (χ2v) is 5.58. The summed E-state index contributed by atoms with van der Waals surface area (Å²) in [6.45, 7) is 2.06. The van der Waals surface area contributed by atoms with E-state index in [1.807, 2.05) is 0 Å². The van der Waals surface area contributed by atoms with E-state index < -0.39 is 0 Å². The predicted octanol–water partition coefficient (Wildman–Crippen LogP) is 3.97. The van der Waals surface area contributed by atoms with Gasteiger partial charge in [0.25, 0.3) is 0 Å². The molecule has 1 aliphatic carbocycles. The van der Waals surface area contributed by atoms with E-state index in [9.17, 15) is 0 Å². The standard InChI is InChI=1S/C16H25NO/c1-12-8-9-14(11-16(12)18-2)15(17)10-13-6-4-3-5-7-13/h8-9,11,13,15H,3-7,10,17H2,1-2H3. The molecule has 0 aliphatic heterocycles. The molecular weight excluding hydrogens is 222 g/mol. The quantitative estimate of drug-likeness (QED) is 0.873. The number of nitrogens with two attached hydrogens (primary N) is 1. The third-order valence-electron chi connectivity index (χ3n) is 4.17. The minimum absolute atomic E-state index is 0.155. The highest BCUT2D eigenvalue weighted by Crippen LogP contribution is 2.32. The van der Waals surface area contributed by atoms with Crippen LogP contribution >= 0.6 is 0 Å². The summed E-state index contributed by atoms with van der Waals surface area (Å²) in [6, 6.07) is 6.51. The second kappa shape index (κ2) is 6.24. The van der Waals surface area contributed by atoms with Crippen LogP contribution in [0.3, 0.4) is 0 Å². The van der Waals surface area contributed by atoms with Crippen LogP contribution < -0.4 is 10.5 Å². The lowest BCUT2D eigenvalue weighted by molar-refractivity contribution is 0.319. The van der Waals surface area contributed by atoms with Crippen molar-refractivity contribution in [1.29, 1.82) is 0 Å². The molecule has 2 nitrogen and oxygen atoms in total. The van der Waals surface area contributed by atoms with Gasteiger partial charge in [-0.15, -0.1) is 0 Å². The SMILES string of the molecule is COc1cc(C(N)CC2CCCCC2)ccc1C. The summed E-state index contributed by atoms with van der Waals surface area (Å²) >= 11 is 0. The Morgan fingerprint density at radius 1 is 1.28 bits per heavy atom. The molecule has 2 heteroatoms. The molecule has 1 fully saturated rings. The Balaban J connectivity index is 2.01. The normalized spacial score (nSPS) is 18.6. The Kier molecular flexibility index (Phi) is 4.65. The van der Waals surface area contributed by atoms with Gasteiger partial charge in [0, 0.05) is 6.04 Å². The zero-order chi connectivity index (χ0) is 13.0. The van der Waals surface area contributed by atoms with Crippen molar-refractivity contribution in [3.63, 3.8) is 0 Å². The Bertz CT molecular complexity index is 383. The first-order valence-electron chi connectivity index (χ1n) is 7.11. The fourth-order valence-corrected chi connectivity index (χ4v) is 2.99. The van der Waals surface area contributed by atoms with Crippen LogP contribution in [0.15, 0.2) is 18.2 Å². The number of aryl methyl sites for hydroxylation is 1. The highest BCUT2D eigenvalue weighted by molar-refractivity contribution is 5.37. The van der Waals surface area contributed by atoms with Crippen molar-refractivity contribution in [2.45, 2.75) is 51.5 Å². The van der Waals surface area contributed by atoms with Crippen molar-refractivity contribution in [2.24, 2.45) is 11.7 Å². The molecule has 100 valence electrons. The number of hydrogen-bond donors (Lipinski definition) is 1. The van der Waals surface area contributed by atoms with Gasteiger partial charge in [-0.25, -0.2) is 0 Å². The number of rotatable bonds is 4. The van der Waals surface area contributed by atoms with Crippen molar-refractivity contribution < 1.29 is 4.74 Å². The van der Waals surface area contributed by atoms with Gasteiger partial charge < -0.3 is 10.5 Å². The minimum Gasteiger partial charge on any atom is -0.496 e. The number of ether oxygens (including phenoxy) is 1. The van der Waals surface area contributed by atoms with Crippen LogP contribution in [0.25, 0.3) is 0 Å². The molecule has 0 spiro atoms. The third kappa shape index (κ3) is 3.26. The van der Waals surface area contributed by atoms with Gasteiger partial charge in [-0.05, 0) is 36.5 Å². The van der Waals surface area contributed by atoms with Crippen molar-refractivity contribution in [1.82, 2.24) is 0 Å². The van der Waals surface area contributed by atoms with E-state index in [0.29, 0.717) is 0 Å². The predicted molar refractivity (Wildman–Crippen MR) is 75.9 cm³/mol. The van der Waals surface area contributed by atoms with E-state index in [1.54, 1.807) is 7.11 Å². The molecule has 0 radical (unpaired) electrons. The molecule has 1 aromatic rings. The molecule has 1 atom stereocenters. The smallest absolute Gasteiger partial charge is 0.122 e. The van der Waals surface area contributed by atoms with E-state index >= 15 is 0 Å². The largest absolute Gasteiger partial charge is 0.496 e. The van der Waals surface area contributed by atoms with Crippen LogP contribution in [-0.4, -0.2) is 7.11 Å². The zero-order valence-corrected chi connectivity index (χ0v) is 11.6. The molecular formula is C16H25NO. The van der Waals surface area contributed by atoms with Gasteiger partial charge in [-0.2, -0.15) is 0 Å². The van der Waals surface area contributed by atoms with Gasteiger partial charge in [0.05, 0.1) is 7.11 Å². The maximum atomic E-state index is 6.34. The lowest BCUT2D eigenvalue weighted by atomic mass is 9.83.